The van der Waals surface area contributed by atoms with Crippen LogP contribution in [0.2, 0.25) is 0 Å². The fourth-order valence-corrected chi connectivity index (χ4v) is 2.49. The normalized spacial score (nSPS) is 20.1. The Bertz CT molecular complexity index is 341. The summed E-state index contributed by atoms with van der Waals surface area (Å²) < 4.78 is 2.35. The van der Waals surface area contributed by atoms with E-state index in [-0.39, 0.29) is 0 Å². The van der Waals surface area contributed by atoms with Gasteiger partial charge in [0.2, 0.25) is 0 Å². The summed E-state index contributed by atoms with van der Waals surface area (Å²) in [6, 6.07) is 0.573. The van der Waals surface area contributed by atoms with Gasteiger partial charge in [0, 0.05) is 31.5 Å². The van der Waals surface area contributed by atoms with Gasteiger partial charge >= 0.3 is 0 Å². The summed E-state index contributed by atoms with van der Waals surface area (Å²) in [5, 5.41) is 3.41. The van der Waals surface area contributed by atoms with Gasteiger partial charge in [0.15, 0.2) is 0 Å². The van der Waals surface area contributed by atoms with E-state index >= 15 is 0 Å². The smallest absolute Gasteiger partial charge is 0.0347 e. The van der Waals surface area contributed by atoms with Crippen molar-refractivity contribution in [1.29, 1.82) is 0 Å². The van der Waals surface area contributed by atoms with Gasteiger partial charge in [-0.15, -0.1) is 0 Å². The summed E-state index contributed by atoms with van der Waals surface area (Å²) >= 11 is 0. The van der Waals surface area contributed by atoms with Crippen molar-refractivity contribution in [2.75, 3.05) is 27.7 Å². The molecule has 0 saturated carbocycles. The molecule has 0 aliphatic heterocycles. The lowest BCUT2D eigenvalue weighted by atomic mass is 9.91. The van der Waals surface area contributed by atoms with Crippen LogP contribution in [0.3, 0.4) is 0 Å². The summed E-state index contributed by atoms with van der Waals surface area (Å²) in [6.07, 6.45) is 8.52. The maximum Gasteiger partial charge on any atom is 0.0347 e. The van der Waals surface area contributed by atoms with E-state index in [0.717, 1.165) is 13.1 Å². The van der Waals surface area contributed by atoms with Crippen molar-refractivity contribution in [2.24, 2.45) is 0 Å². The molecule has 1 aliphatic rings. The Morgan fingerprint density at radius 1 is 1.44 bits per heavy atom. The Labute approximate surface area is 98.4 Å². The van der Waals surface area contributed by atoms with Gasteiger partial charge in [-0.05, 0) is 51.5 Å². The zero-order valence-corrected chi connectivity index (χ0v) is 10.7. The van der Waals surface area contributed by atoms with Crippen molar-refractivity contribution in [2.45, 2.75) is 31.8 Å². The van der Waals surface area contributed by atoms with E-state index in [4.69, 9.17) is 0 Å². The summed E-state index contributed by atoms with van der Waals surface area (Å²) in [4.78, 5) is 2.23. The van der Waals surface area contributed by atoms with Gasteiger partial charge < -0.3 is 14.8 Å². The molecule has 0 spiro atoms. The van der Waals surface area contributed by atoms with Crippen LogP contribution in [0, 0.1) is 0 Å². The molecule has 1 unspecified atom stereocenters. The number of aryl methyl sites for hydroxylation is 1. The molecule has 3 heteroatoms. The Balaban J connectivity index is 2.09. The highest BCUT2D eigenvalue weighted by atomic mass is 15.1. The second-order valence-corrected chi connectivity index (χ2v) is 5.01. The maximum absolute atomic E-state index is 3.41. The molecule has 0 aromatic carbocycles. The van der Waals surface area contributed by atoms with Gasteiger partial charge in [-0.2, -0.15) is 0 Å². The van der Waals surface area contributed by atoms with Crippen LogP contribution in [-0.2, 0) is 13.0 Å². The van der Waals surface area contributed by atoms with Crippen LogP contribution in [0.5, 0.6) is 0 Å². The van der Waals surface area contributed by atoms with Gasteiger partial charge in [0.1, 0.15) is 0 Å². The molecule has 16 heavy (non-hydrogen) atoms. The van der Waals surface area contributed by atoms with Crippen LogP contribution in [0.4, 0.5) is 0 Å². The lowest BCUT2D eigenvalue weighted by Gasteiger charge is -2.21. The van der Waals surface area contributed by atoms with Gasteiger partial charge in [-0.25, -0.2) is 0 Å². The number of aromatic nitrogens is 1. The Morgan fingerprint density at radius 2 is 2.25 bits per heavy atom. The molecule has 0 saturated heterocycles. The van der Waals surface area contributed by atoms with Crippen molar-refractivity contribution in [3.63, 3.8) is 0 Å². The standard InChI is InChI=1S/C13H23N3/c1-14-13-6-4-5-11-9-16(10-12(11)13)8-7-15(2)3/h9-10,13-14H,4-8H2,1-3H3. The third-order valence-electron chi connectivity index (χ3n) is 3.47. The molecule has 1 aromatic rings. The average Bonchev–Trinajstić information content (AvgIpc) is 2.68. The zero-order valence-electron chi connectivity index (χ0n) is 10.7. The van der Waals surface area contributed by atoms with Crippen molar-refractivity contribution >= 4 is 0 Å². The topological polar surface area (TPSA) is 20.2 Å². The first-order chi connectivity index (χ1) is 7.70. The van der Waals surface area contributed by atoms with E-state index in [1.165, 1.54) is 24.8 Å². The fourth-order valence-electron chi connectivity index (χ4n) is 2.49. The number of nitrogens with zero attached hydrogens (tertiary/aromatic N) is 2. The molecule has 1 heterocycles. The van der Waals surface area contributed by atoms with Crippen LogP contribution in [-0.4, -0.2) is 37.2 Å². The van der Waals surface area contributed by atoms with Gasteiger partial charge in [0.25, 0.3) is 0 Å². The monoisotopic (exact) mass is 221 g/mol. The highest BCUT2D eigenvalue weighted by Crippen LogP contribution is 2.29. The average molecular weight is 221 g/mol. The molecule has 1 N–H and O–H groups in total. The molecular weight excluding hydrogens is 198 g/mol. The lowest BCUT2D eigenvalue weighted by Crippen LogP contribution is -2.20. The molecule has 1 aromatic heterocycles. The molecule has 0 radical (unpaired) electrons. The van der Waals surface area contributed by atoms with Crippen molar-refractivity contribution < 1.29 is 0 Å². The highest BCUT2D eigenvalue weighted by molar-refractivity contribution is 5.30. The largest absolute Gasteiger partial charge is 0.352 e. The van der Waals surface area contributed by atoms with Gasteiger partial charge in [-0.1, -0.05) is 0 Å². The molecule has 0 amide bonds. The fraction of sp³-hybridized carbons (Fsp3) is 0.692. The molecule has 2 rings (SSSR count). The first-order valence-electron chi connectivity index (χ1n) is 6.21. The van der Waals surface area contributed by atoms with Crippen molar-refractivity contribution in [3.8, 4) is 0 Å². The molecule has 0 fully saturated rings. The minimum absolute atomic E-state index is 0.573. The Morgan fingerprint density at radius 3 is 2.94 bits per heavy atom. The Kier molecular flexibility index (Phi) is 3.66. The van der Waals surface area contributed by atoms with Crippen LogP contribution >= 0.6 is 0 Å². The van der Waals surface area contributed by atoms with E-state index in [9.17, 15) is 0 Å². The second-order valence-electron chi connectivity index (χ2n) is 5.01. The van der Waals surface area contributed by atoms with E-state index in [1.54, 1.807) is 5.56 Å². The molecule has 1 atom stereocenters. The minimum Gasteiger partial charge on any atom is -0.352 e. The van der Waals surface area contributed by atoms with E-state index in [0.29, 0.717) is 6.04 Å². The SMILES string of the molecule is CNC1CCCc2cn(CCN(C)C)cc21. The third-order valence-corrected chi connectivity index (χ3v) is 3.47. The number of hydrogen-bond acceptors (Lipinski definition) is 2. The number of fused-ring (bicyclic) bond motifs is 1. The van der Waals surface area contributed by atoms with Crippen LogP contribution in [0.1, 0.15) is 30.0 Å². The maximum atomic E-state index is 3.41. The molecule has 90 valence electrons. The predicted molar refractivity (Wildman–Crippen MR) is 67.7 cm³/mol. The summed E-state index contributed by atoms with van der Waals surface area (Å²) in [6.45, 7) is 2.20. The summed E-state index contributed by atoms with van der Waals surface area (Å²) in [5.74, 6) is 0. The zero-order chi connectivity index (χ0) is 11.5. The third kappa shape index (κ3) is 2.47. The molecular formula is C13H23N3. The van der Waals surface area contributed by atoms with E-state index in [1.807, 2.05) is 0 Å². The summed E-state index contributed by atoms with van der Waals surface area (Å²) in [7, 11) is 6.32. The summed E-state index contributed by atoms with van der Waals surface area (Å²) in [5.41, 5.74) is 3.07. The van der Waals surface area contributed by atoms with Crippen molar-refractivity contribution in [3.05, 3.63) is 23.5 Å². The minimum atomic E-state index is 0.573. The first-order valence-corrected chi connectivity index (χ1v) is 6.21. The number of hydrogen-bond donors (Lipinski definition) is 1. The first kappa shape index (κ1) is 11.7. The molecule has 0 bridgehead atoms. The van der Waals surface area contributed by atoms with Gasteiger partial charge in [0.05, 0.1) is 0 Å². The van der Waals surface area contributed by atoms with E-state index < -0.39 is 0 Å². The quantitative estimate of drug-likeness (QED) is 0.834. The molecule has 1 aliphatic carbocycles. The predicted octanol–water partition coefficient (Wildman–Crippen LogP) is 1.65. The Hall–Kier alpha value is -0.800. The van der Waals surface area contributed by atoms with Gasteiger partial charge in [-0.3, -0.25) is 0 Å². The molecule has 3 nitrogen and oxygen atoms in total. The second kappa shape index (κ2) is 5.02. The van der Waals surface area contributed by atoms with Crippen LogP contribution in [0.25, 0.3) is 0 Å². The van der Waals surface area contributed by atoms with E-state index in [2.05, 4.69) is 48.3 Å². The van der Waals surface area contributed by atoms with Crippen LogP contribution < -0.4 is 5.32 Å². The highest BCUT2D eigenvalue weighted by Gasteiger charge is 2.20. The number of likely N-dealkylation sites (N-methyl/N-ethyl adjacent to an activating group) is 1. The lowest BCUT2D eigenvalue weighted by molar-refractivity contribution is 0.384. The van der Waals surface area contributed by atoms with Crippen LogP contribution in [0.15, 0.2) is 12.4 Å². The van der Waals surface area contributed by atoms with Crippen molar-refractivity contribution in [1.82, 2.24) is 14.8 Å². The number of rotatable bonds is 4. The number of nitrogens with one attached hydrogen (secondary N) is 1.